The van der Waals surface area contributed by atoms with E-state index in [2.05, 4.69) is 58.5 Å². The number of esters is 2. The van der Waals surface area contributed by atoms with Crippen LogP contribution in [0.4, 0.5) is 0 Å². The lowest BCUT2D eigenvalue weighted by Gasteiger charge is -2.29. The van der Waals surface area contributed by atoms with Gasteiger partial charge in [0, 0.05) is 32.4 Å². The van der Waals surface area contributed by atoms with E-state index < -0.39 is 0 Å². The number of ether oxygens (including phenoxy) is 2. The van der Waals surface area contributed by atoms with Gasteiger partial charge in [-0.25, -0.2) is 0 Å². The van der Waals surface area contributed by atoms with Crippen molar-refractivity contribution in [2.75, 3.05) is 46.9 Å². The molecule has 1 amide bonds. The van der Waals surface area contributed by atoms with E-state index in [1.165, 1.54) is 212 Å². The predicted octanol–water partition coefficient (Wildman–Crippen LogP) is 17.8. The molecule has 3 atom stereocenters. The van der Waals surface area contributed by atoms with Crippen molar-refractivity contribution in [3.63, 3.8) is 0 Å². The number of amides is 1. The molecule has 0 N–H and O–H groups in total. The summed E-state index contributed by atoms with van der Waals surface area (Å²) in [6.07, 6.45) is 48.8. The zero-order valence-electron chi connectivity index (χ0n) is 46.4. The van der Waals surface area contributed by atoms with E-state index >= 15 is 0 Å². The van der Waals surface area contributed by atoms with Gasteiger partial charge in [0.2, 0.25) is 5.91 Å². The maximum Gasteiger partial charge on any atom is 0.305 e. The Hall–Kier alpha value is -1.63. The first-order valence-corrected chi connectivity index (χ1v) is 29.9. The molecular formula is C60H118N2O5. The summed E-state index contributed by atoms with van der Waals surface area (Å²) < 4.78 is 11.6. The van der Waals surface area contributed by atoms with Crippen molar-refractivity contribution in [1.29, 1.82) is 0 Å². The molecule has 0 saturated heterocycles. The molecular weight excluding hydrogens is 829 g/mol. The second-order valence-corrected chi connectivity index (χ2v) is 21.5. The number of unbranched alkanes of at least 4 members (excludes halogenated alkanes) is 25. The summed E-state index contributed by atoms with van der Waals surface area (Å²) in [6.45, 7) is 15.3. The van der Waals surface area contributed by atoms with Crippen LogP contribution < -0.4 is 0 Å². The van der Waals surface area contributed by atoms with Crippen molar-refractivity contribution in [3.8, 4) is 0 Å². The second kappa shape index (κ2) is 50.7. The number of rotatable bonds is 53. The maximum absolute atomic E-state index is 13.7. The summed E-state index contributed by atoms with van der Waals surface area (Å²) in [5.41, 5.74) is 0. The van der Waals surface area contributed by atoms with Gasteiger partial charge >= 0.3 is 11.9 Å². The van der Waals surface area contributed by atoms with Gasteiger partial charge in [0.25, 0.3) is 0 Å². The molecule has 0 aliphatic heterocycles. The molecule has 0 aliphatic carbocycles. The molecule has 7 heteroatoms. The summed E-state index contributed by atoms with van der Waals surface area (Å²) in [5, 5.41) is 0. The van der Waals surface area contributed by atoms with Crippen LogP contribution in [0, 0.1) is 17.8 Å². The van der Waals surface area contributed by atoms with Crippen molar-refractivity contribution in [1.82, 2.24) is 9.80 Å². The van der Waals surface area contributed by atoms with Crippen LogP contribution in [0.25, 0.3) is 0 Å². The van der Waals surface area contributed by atoms with E-state index in [1.807, 2.05) is 0 Å². The molecule has 0 aromatic rings. The van der Waals surface area contributed by atoms with Crippen LogP contribution in [0.3, 0.4) is 0 Å². The lowest BCUT2D eigenvalue weighted by atomic mass is 9.93. The Morgan fingerprint density at radius 2 is 0.657 bits per heavy atom. The molecule has 0 aliphatic rings. The molecule has 398 valence electrons. The Balaban J connectivity index is 4.95. The van der Waals surface area contributed by atoms with Crippen molar-refractivity contribution < 1.29 is 23.9 Å². The SMILES string of the molecule is CCCCCCCCC(=O)N(CCCN(C)C)CC(CCCCCCCCC(=O)OCC(CCCC)CCCCCCC)CCCCCCCCC(=O)OCC(CCCCC)CCCCCC. The third-order valence-electron chi connectivity index (χ3n) is 14.4. The van der Waals surface area contributed by atoms with E-state index in [9.17, 15) is 14.4 Å². The van der Waals surface area contributed by atoms with Gasteiger partial charge in [0.15, 0.2) is 0 Å². The zero-order valence-corrected chi connectivity index (χ0v) is 46.4. The minimum Gasteiger partial charge on any atom is -0.465 e. The normalized spacial score (nSPS) is 13.0. The molecule has 0 aromatic heterocycles. The standard InChI is InChI=1S/C60H118N2O5/c1-8-13-18-21-29-37-47-58(63)62(51-40-50-61(6)7)52-55(42-34-27-22-24-30-38-48-59(64)66-53-56(41-17-12-5)46-36-26-19-14-9-2)43-35-28-23-25-31-39-49-60(65)67-54-57(44-32-16-11-4)45-33-20-15-10-3/h55-57H,8-54H2,1-7H3. The van der Waals surface area contributed by atoms with E-state index in [4.69, 9.17) is 9.47 Å². The second-order valence-electron chi connectivity index (χ2n) is 21.5. The van der Waals surface area contributed by atoms with Gasteiger partial charge < -0.3 is 19.3 Å². The van der Waals surface area contributed by atoms with Gasteiger partial charge in [0.05, 0.1) is 13.2 Å². The molecule has 0 saturated carbocycles. The fraction of sp³-hybridized carbons (Fsp3) is 0.950. The van der Waals surface area contributed by atoms with Crippen LogP contribution >= 0.6 is 0 Å². The highest BCUT2D eigenvalue weighted by Crippen LogP contribution is 2.24. The van der Waals surface area contributed by atoms with E-state index in [-0.39, 0.29) is 11.9 Å². The third-order valence-corrected chi connectivity index (χ3v) is 14.4. The van der Waals surface area contributed by atoms with E-state index in [0.717, 1.165) is 58.2 Å². The molecule has 0 rings (SSSR count). The van der Waals surface area contributed by atoms with Gasteiger partial charge in [-0.3, -0.25) is 14.4 Å². The van der Waals surface area contributed by atoms with Crippen molar-refractivity contribution >= 4 is 17.8 Å². The van der Waals surface area contributed by atoms with Crippen LogP contribution in [-0.4, -0.2) is 74.6 Å². The number of hydrogen-bond acceptors (Lipinski definition) is 6. The van der Waals surface area contributed by atoms with Gasteiger partial charge in [-0.1, -0.05) is 221 Å². The molecule has 0 bridgehead atoms. The summed E-state index contributed by atoms with van der Waals surface area (Å²) in [7, 11) is 4.26. The van der Waals surface area contributed by atoms with E-state index in [0.29, 0.717) is 56.1 Å². The predicted molar refractivity (Wildman–Crippen MR) is 290 cm³/mol. The smallest absolute Gasteiger partial charge is 0.305 e. The van der Waals surface area contributed by atoms with Gasteiger partial charge in [-0.2, -0.15) is 0 Å². The highest BCUT2D eigenvalue weighted by molar-refractivity contribution is 5.76. The topological polar surface area (TPSA) is 76.2 Å². The quantitative estimate of drug-likeness (QED) is 0.0447. The number of nitrogens with zero attached hydrogens (tertiary/aromatic N) is 2. The van der Waals surface area contributed by atoms with Crippen LogP contribution in [0.5, 0.6) is 0 Å². The first-order chi connectivity index (χ1) is 32.7. The largest absolute Gasteiger partial charge is 0.465 e. The van der Waals surface area contributed by atoms with Crippen LogP contribution in [0.15, 0.2) is 0 Å². The van der Waals surface area contributed by atoms with Crippen molar-refractivity contribution in [2.45, 2.75) is 304 Å². The van der Waals surface area contributed by atoms with Crippen molar-refractivity contribution in [3.05, 3.63) is 0 Å². The van der Waals surface area contributed by atoms with E-state index in [1.54, 1.807) is 0 Å². The fourth-order valence-electron chi connectivity index (χ4n) is 9.83. The summed E-state index contributed by atoms with van der Waals surface area (Å²) in [6, 6.07) is 0. The Kier molecular flexibility index (Phi) is 49.5. The van der Waals surface area contributed by atoms with Gasteiger partial charge in [-0.05, 0) is 103 Å². The Labute approximate surface area is 419 Å². The lowest BCUT2D eigenvalue weighted by Crippen LogP contribution is -2.37. The molecule has 67 heavy (non-hydrogen) atoms. The van der Waals surface area contributed by atoms with Gasteiger partial charge in [-0.15, -0.1) is 0 Å². The number of carbonyl (C=O) groups is 3. The first-order valence-electron chi connectivity index (χ1n) is 29.9. The minimum atomic E-state index is 0.00127. The molecule has 7 nitrogen and oxygen atoms in total. The Morgan fingerprint density at radius 3 is 1.07 bits per heavy atom. The fourth-order valence-corrected chi connectivity index (χ4v) is 9.83. The highest BCUT2D eigenvalue weighted by atomic mass is 16.5. The van der Waals surface area contributed by atoms with Crippen LogP contribution in [-0.2, 0) is 23.9 Å². The molecule has 3 unspecified atom stereocenters. The monoisotopic (exact) mass is 947 g/mol. The summed E-state index contributed by atoms with van der Waals surface area (Å²) in [5.74, 6) is 1.98. The Bertz CT molecular complexity index is 1070. The van der Waals surface area contributed by atoms with Crippen molar-refractivity contribution in [2.24, 2.45) is 17.8 Å². The summed E-state index contributed by atoms with van der Waals surface area (Å²) in [4.78, 5) is 43.5. The molecule has 0 heterocycles. The third kappa shape index (κ3) is 45.3. The Morgan fingerprint density at radius 1 is 0.343 bits per heavy atom. The lowest BCUT2D eigenvalue weighted by molar-refractivity contribution is -0.146. The van der Waals surface area contributed by atoms with Crippen LogP contribution in [0.2, 0.25) is 0 Å². The average Bonchev–Trinajstić information content (AvgIpc) is 3.31. The molecule has 0 spiro atoms. The zero-order chi connectivity index (χ0) is 49.3. The highest BCUT2D eigenvalue weighted by Gasteiger charge is 2.20. The first kappa shape index (κ1) is 65.4. The van der Waals surface area contributed by atoms with Gasteiger partial charge in [0.1, 0.15) is 0 Å². The number of hydrogen-bond donors (Lipinski definition) is 0. The summed E-state index contributed by atoms with van der Waals surface area (Å²) >= 11 is 0. The number of carbonyl (C=O) groups excluding carboxylic acids is 3. The minimum absolute atomic E-state index is 0.00127. The van der Waals surface area contributed by atoms with Crippen LogP contribution in [0.1, 0.15) is 304 Å². The molecule has 0 radical (unpaired) electrons. The average molecular weight is 948 g/mol. The molecule has 0 fully saturated rings. The molecule has 0 aromatic carbocycles. The maximum atomic E-state index is 13.7.